The Morgan fingerprint density at radius 3 is 2.70 bits per heavy atom. The Hall–Kier alpha value is -1.39. The van der Waals surface area contributed by atoms with Crippen molar-refractivity contribution in [1.82, 2.24) is 0 Å². The second kappa shape index (κ2) is 6.37. The molecule has 0 atom stereocenters. The van der Waals surface area contributed by atoms with E-state index in [0.29, 0.717) is 26.4 Å². The summed E-state index contributed by atoms with van der Waals surface area (Å²) in [7, 11) is 1.47. The first-order valence-corrected chi connectivity index (χ1v) is 6.98. The molecule has 2 nitrogen and oxygen atoms in total. The summed E-state index contributed by atoms with van der Waals surface area (Å²) in [5, 5.41) is 0.493. The average molecular weight is 358 g/mol. The van der Waals surface area contributed by atoms with Crippen molar-refractivity contribution in [2.45, 2.75) is 6.42 Å². The van der Waals surface area contributed by atoms with E-state index in [9.17, 15) is 9.18 Å². The van der Waals surface area contributed by atoms with E-state index in [1.165, 1.54) is 19.2 Å². The van der Waals surface area contributed by atoms with E-state index < -0.39 is 0 Å². The van der Waals surface area contributed by atoms with E-state index in [4.69, 9.17) is 16.3 Å². The molecule has 0 unspecified atom stereocenters. The fourth-order valence-electron chi connectivity index (χ4n) is 1.89. The Morgan fingerprint density at radius 2 is 2.05 bits per heavy atom. The van der Waals surface area contributed by atoms with Gasteiger partial charge in [0.2, 0.25) is 0 Å². The molecule has 2 rings (SSSR count). The van der Waals surface area contributed by atoms with Gasteiger partial charge in [-0.25, -0.2) is 4.39 Å². The van der Waals surface area contributed by atoms with Crippen LogP contribution in [0.15, 0.2) is 40.9 Å². The molecule has 0 aromatic heterocycles. The topological polar surface area (TPSA) is 26.3 Å². The first-order chi connectivity index (χ1) is 9.49. The van der Waals surface area contributed by atoms with Gasteiger partial charge in [0.25, 0.3) is 0 Å². The molecule has 0 spiro atoms. The van der Waals surface area contributed by atoms with Gasteiger partial charge in [-0.2, -0.15) is 0 Å². The first-order valence-electron chi connectivity index (χ1n) is 5.81. The lowest BCUT2D eigenvalue weighted by Crippen LogP contribution is -2.06. The number of carbonyl (C=O) groups is 1. The highest BCUT2D eigenvalue weighted by molar-refractivity contribution is 9.10. The zero-order valence-electron chi connectivity index (χ0n) is 10.6. The third kappa shape index (κ3) is 3.58. The van der Waals surface area contributed by atoms with Crippen molar-refractivity contribution in [2.75, 3.05) is 7.11 Å². The van der Waals surface area contributed by atoms with Crippen LogP contribution in [0.4, 0.5) is 4.39 Å². The van der Waals surface area contributed by atoms with Gasteiger partial charge < -0.3 is 4.74 Å². The molecule has 0 aliphatic rings. The van der Waals surface area contributed by atoms with Crippen LogP contribution in [0.5, 0.6) is 5.75 Å². The van der Waals surface area contributed by atoms with Crippen LogP contribution in [-0.4, -0.2) is 12.9 Å². The van der Waals surface area contributed by atoms with Gasteiger partial charge in [0, 0.05) is 15.9 Å². The van der Waals surface area contributed by atoms with Crippen molar-refractivity contribution in [3.8, 4) is 5.75 Å². The largest absolute Gasteiger partial charge is 0.496 e. The lowest BCUT2D eigenvalue weighted by molar-refractivity contribution is 0.0990. The SMILES string of the molecule is COc1cc(Cl)ccc1C(=O)Cc1cc(F)cc(Br)c1. The summed E-state index contributed by atoms with van der Waals surface area (Å²) in [6.07, 6.45) is 0.0916. The second-order valence-electron chi connectivity index (χ2n) is 4.22. The predicted octanol–water partition coefficient (Wildman–Crippen LogP) is 4.68. The summed E-state index contributed by atoms with van der Waals surface area (Å²) in [6, 6.07) is 9.21. The van der Waals surface area contributed by atoms with Crippen molar-refractivity contribution in [3.05, 3.63) is 62.8 Å². The molecule has 0 heterocycles. The molecule has 0 amide bonds. The number of halogens is 3. The summed E-state index contributed by atoms with van der Waals surface area (Å²) in [4.78, 5) is 12.3. The molecule has 0 N–H and O–H groups in total. The number of hydrogen-bond acceptors (Lipinski definition) is 2. The van der Waals surface area contributed by atoms with Crippen molar-refractivity contribution in [3.63, 3.8) is 0 Å². The van der Waals surface area contributed by atoms with Gasteiger partial charge >= 0.3 is 0 Å². The molecule has 0 bridgehead atoms. The van der Waals surface area contributed by atoms with Crippen LogP contribution in [0.3, 0.4) is 0 Å². The molecule has 20 heavy (non-hydrogen) atoms. The van der Waals surface area contributed by atoms with Gasteiger partial charge in [-0.3, -0.25) is 4.79 Å². The molecule has 0 radical (unpaired) electrons. The lowest BCUT2D eigenvalue weighted by atomic mass is 10.0. The molecular weight excluding hydrogens is 347 g/mol. The van der Waals surface area contributed by atoms with Crippen LogP contribution < -0.4 is 4.74 Å². The van der Waals surface area contributed by atoms with E-state index in [1.807, 2.05) is 0 Å². The van der Waals surface area contributed by atoms with Gasteiger partial charge in [0.15, 0.2) is 5.78 Å². The summed E-state index contributed by atoms with van der Waals surface area (Å²) in [5.41, 5.74) is 1.02. The predicted molar refractivity (Wildman–Crippen MR) is 80.1 cm³/mol. The number of rotatable bonds is 4. The number of Topliss-reactive ketones (excluding diaryl/α,β-unsaturated/α-hetero) is 1. The lowest BCUT2D eigenvalue weighted by Gasteiger charge is -2.08. The quantitative estimate of drug-likeness (QED) is 0.743. The highest BCUT2D eigenvalue weighted by Gasteiger charge is 2.14. The summed E-state index contributed by atoms with van der Waals surface area (Å²) in [6.45, 7) is 0. The first kappa shape index (κ1) is 15.0. The van der Waals surface area contributed by atoms with Crippen LogP contribution in [0, 0.1) is 5.82 Å². The van der Waals surface area contributed by atoms with Gasteiger partial charge in [-0.15, -0.1) is 0 Å². The zero-order chi connectivity index (χ0) is 14.7. The Bertz CT molecular complexity index is 638. The molecule has 0 saturated heterocycles. The highest BCUT2D eigenvalue weighted by atomic mass is 79.9. The smallest absolute Gasteiger partial charge is 0.170 e. The number of hydrogen-bond donors (Lipinski definition) is 0. The molecule has 0 aliphatic carbocycles. The molecule has 5 heteroatoms. The monoisotopic (exact) mass is 356 g/mol. The fourth-order valence-corrected chi connectivity index (χ4v) is 2.56. The van der Waals surface area contributed by atoms with E-state index in [2.05, 4.69) is 15.9 Å². The molecule has 2 aromatic rings. The Balaban J connectivity index is 2.28. The van der Waals surface area contributed by atoms with Gasteiger partial charge in [-0.05, 0) is 42.0 Å². The van der Waals surface area contributed by atoms with E-state index >= 15 is 0 Å². The molecule has 2 aromatic carbocycles. The minimum Gasteiger partial charge on any atom is -0.496 e. The Morgan fingerprint density at radius 1 is 1.30 bits per heavy atom. The van der Waals surface area contributed by atoms with Crippen molar-refractivity contribution in [2.24, 2.45) is 0 Å². The molecule has 0 aliphatic heterocycles. The number of ketones is 1. The minimum absolute atomic E-state index is 0.0916. The molecule has 104 valence electrons. The third-order valence-electron chi connectivity index (χ3n) is 2.75. The maximum atomic E-state index is 13.3. The summed E-state index contributed by atoms with van der Waals surface area (Å²) >= 11 is 9.06. The highest BCUT2D eigenvalue weighted by Crippen LogP contribution is 2.25. The van der Waals surface area contributed by atoms with Crippen LogP contribution in [0.2, 0.25) is 5.02 Å². The molecular formula is C15H11BrClFO2. The number of benzene rings is 2. The number of methoxy groups -OCH3 is 1. The summed E-state index contributed by atoms with van der Waals surface area (Å²) in [5.74, 6) is -0.126. The fraction of sp³-hybridized carbons (Fsp3) is 0.133. The summed E-state index contributed by atoms with van der Waals surface area (Å²) < 4.78 is 19.0. The molecule has 0 fully saturated rings. The zero-order valence-corrected chi connectivity index (χ0v) is 13.0. The maximum absolute atomic E-state index is 13.3. The third-order valence-corrected chi connectivity index (χ3v) is 3.44. The number of carbonyl (C=O) groups excluding carboxylic acids is 1. The van der Waals surface area contributed by atoms with Crippen molar-refractivity contribution < 1.29 is 13.9 Å². The van der Waals surface area contributed by atoms with E-state index in [0.717, 1.165) is 0 Å². The molecule has 0 saturated carbocycles. The Kier molecular flexibility index (Phi) is 4.78. The van der Waals surface area contributed by atoms with Crippen molar-refractivity contribution in [1.29, 1.82) is 0 Å². The maximum Gasteiger partial charge on any atom is 0.170 e. The van der Waals surface area contributed by atoms with Crippen LogP contribution >= 0.6 is 27.5 Å². The van der Waals surface area contributed by atoms with Gasteiger partial charge in [0.1, 0.15) is 11.6 Å². The van der Waals surface area contributed by atoms with Crippen LogP contribution in [0.1, 0.15) is 15.9 Å². The standard InChI is InChI=1S/C15H11BrClFO2/c1-20-15-8-11(17)2-3-13(15)14(19)6-9-4-10(16)7-12(18)5-9/h2-5,7-8H,6H2,1H3. The average Bonchev–Trinajstić information content (AvgIpc) is 2.37. The number of ether oxygens (including phenoxy) is 1. The van der Waals surface area contributed by atoms with Crippen LogP contribution in [0.25, 0.3) is 0 Å². The van der Waals surface area contributed by atoms with Crippen molar-refractivity contribution >= 4 is 33.3 Å². The normalized spacial score (nSPS) is 10.4. The minimum atomic E-state index is -0.384. The Labute approximate surface area is 129 Å². The van der Waals surface area contributed by atoms with E-state index in [-0.39, 0.29) is 18.0 Å². The van der Waals surface area contributed by atoms with Crippen LogP contribution in [-0.2, 0) is 6.42 Å². The van der Waals surface area contributed by atoms with Gasteiger partial charge in [0.05, 0.1) is 12.7 Å². The second-order valence-corrected chi connectivity index (χ2v) is 5.57. The van der Waals surface area contributed by atoms with E-state index in [1.54, 1.807) is 24.3 Å². The van der Waals surface area contributed by atoms with Gasteiger partial charge in [-0.1, -0.05) is 27.5 Å².